The van der Waals surface area contributed by atoms with E-state index in [1.165, 1.54) is 6.07 Å². The van der Waals surface area contributed by atoms with Crippen LogP contribution in [0.25, 0.3) is 0 Å². The summed E-state index contributed by atoms with van der Waals surface area (Å²) in [6.07, 6.45) is 1.66. The molecular formula is C13H19ClN2O2. The molecule has 5 heteroatoms. The van der Waals surface area contributed by atoms with Crippen LogP contribution in [0, 0.1) is 16.0 Å². The molecule has 0 saturated carbocycles. The van der Waals surface area contributed by atoms with Gasteiger partial charge in [0.25, 0.3) is 5.69 Å². The van der Waals surface area contributed by atoms with Crippen molar-refractivity contribution >= 4 is 17.3 Å². The van der Waals surface area contributed by atoms with Crippen molar-refractivity contribution < 1.29 is 4.92 Å². The van der Waals surface area contributed by atoms with Crippen molar-refractivity contribution in [3.8, 4) is 0 Å². The lowest BCUT2D eigenvalue weighted by atomic mass is 9.90. The molecule has 18 heavy (non-hydrogen) atoms. The highest BCUT2D eigenvalue weighted by molar-refractivity contribution is 6.30. The normalized spacial score (nSPS) is 14.2. The van der Waals surface area contributed by atoms with E-state index in [1.54, 1.807) is 12.1 Å². The van der Waals surface area contributed by atoms with E-state index in [0.717, 1.165) is 12.0 Å². The van der Waals surface area contributed by atoms with Gasteiger partial charge in [0.1, 0.15) is 0 Å². The molecular weight excluding hydrogens is 252 g/mol. The van der Waals surface area contributed by atoms with Crippen LogP contribution in [-0.4, -0.2) is 18.0 Å². The SMILES string of the molecule is CCC(Cc1ccc(Cl)cc1[N+](=O)[O-])C(C)NC. The van der Waals surface area contributed by atoms with Gasteiger partial charge in [0.2, 0.25) is 0 Å². The van der Waals surface area contributed by atoms with E-state index >= 15 is 0 Å². The Hall–Kier alpha value is -1.13. The molecule has 0 aliphatic heterocycles. The molecule has 0 aliphatic rings. The summed E-state index contributed by atoms with van der Waals surface area (Å²) in [6, 6.07) is 5.21. The first-order chi connectivity index (χ1) is 8.49. The van der Waals surface area contributed by atoms with Crippen molar-refractivity contribution in [1.29, 1.82) is 0 Å². The van der Waals surface area contributed by atoms with Crippen LogP contribution in [0.1, 0.15) is 25.8 Å². The van der Waals surface area contributed by atoms with Crippen molar-refractivity contribution in [2.24, 2.45) is 5.92 Å². The third-order valence-electron chi connectivity index (χ3n) is 3.41. The average molecular weight is 271 g/mol. The summed E-state index contributed by atoms with van der Waals surface area (Å²) in [7, 11) is 1.91. The van der Waals surface area contributed by atoms with Gasteiger partial charge in [-0.2, -0.15) is 0 Å². The zero-order chi connectivity index (χ0) is 13.7. The minimum Gasteiger partial charge on any atom is -0.317 e. The minimum atomic E-state index is -0.363. The molecule has 4 nitrogen and oxygen atoms in total. The molecule has 0 bridgehead atoms. The number of rotatable bonds is 6. The fraction of sp³-hybridized carbons (Fsp3) is 0.538. The van der Waals surface area contributed by atoms with Crippen LogP contribution < -0.4 is 5.32 Å². The molecule has 100 valence electrons. The number of benzene rings is 1. The molecule has 2 unspecified atom stereocenters. The van der Waals surface area contributed by atoms with Crippen molar-refractivity contribution in [3.63, 3.8) is 0 Å². The predicted octanol–water partition coefficient (Wildman–Crippen LogP) is 3.42. The largest absolute Gasteiger partial charge is 0.317 e. The summed E-state index contributed by atoms with van der Waals surface area (Å²) in [4.78, 5) is 10.7. The molecule has 1 N–H and O–H groups in total. The second kappa shape index (κ2) is 6.71. The third-order valence-corrected chi connectivity index (χ3v) is 3.65. The molecule has 0 spiro atoms. The van der Waals surface area contributed by atoms with Crippen LogP contribution in [0.5, 0.6) is 0 Å². The first kappa shape index (κ1) is 14.9. The van der Waals surface area contributed by atoms with E-state index in [2.05, 4.69) is 19.2 Å². The molecule has 0 heterocycles. The number of nitro groups is 1. The number of hydrogen-bond acceptors (Lipinski definition) is 3. The van der Waals surface area contributed by atoms with Crippen LogP contribution in [0.4, 0.5) is 5.69 Å². The highest BCUT2D eigenvalue weighted by atomic mass is 35.5. The highest BCUT2D eigenvalue weighted by Gasteiger charge is 2.20. The summed E-state index contributed by atoms with van der Waals surface area (Å²) >= 11 is 5.80. The standard InChI is InChI=1S/C13H19ClN2O2/c1-4-10(9(2)15-3)7-11-5-6-12(14)8-13(11)16(17)18/h5-6,8-10,15H,4,7H2,1-3H3. The van der Waals surface area contributed by atoms with E-state index in [9.17, 15) is 10.1 Å². The quantitative estimate of drug-likeness (QED) is 0.636. The van der Waals surface area contributed by atoms with Gasteiger partial charge in [0.15, 0.2) is 0 Å². The maximum Gasteiger partial charge on any atom is 0.274 e. The molecule has 2 atom stereocenters. The van der Waals surface area contributed by atoms with Gasteiger partial charge < -0.3 is 5.32 Å². The van der Waals surface area contributed by atoms with E-state index in [4.69, 9.17) is 11.6 Å². The zero-order valence-electron chi connectivity index (χ0n) is 10.9. The summed E-state index contributed by atoms with van der Waals surface area (Å²) in [5, 5.41) is 14.6. The fourth-order valence-corrected chi connectivity index (χ4v) is 2.24. The zero-order valence-corrected chi connectivity index (χ0v) is 11.7. The van der Waals surface area contributed by atoms with Crippen LogP contribution in [0.2, 0.25) is 5.02 Å². The van der Waals surface area contributed by atoms with Gasteiger partial charge in [-0.15, -0.1) is 0 Å². The number of nitrogens with one attached hydrogen (secondary N) is 1. The van der Waals surface area contributed by atoms with Crippen LogP contribution in [0.3, 0.4) is 0 Å². The summed E-state index contributed by atoms with van der Waals surface area (Å²) < 4.78 is 0. The summed E-state index contributed by atoms with van der Waals surface area (Å²) in [5.74, 6) is 0.370. The molecule has 0 aliphatic carbocycles. The Labute approximate surface area is 112 Å². The van der Waals surface area contributed by atoms with Crippen molar-refractivity contribution in [2.75, 3.05) is 7.05 Å². The maximum atomic E-state index is 11.0. The number of hydrogen-bond donors (Lipinski definition) is 1. The molecule has 0 amide bonds. The monoisotopic (exact) mass is 270 g/mol. The van der Waals surface area contributed by atoms with E-state index in [1.807, 2.05) is 7.05 Å². The van der Waals surface area contributed by atoms with Crippen molar-refractivity contribution in [1.82, 2.24) is 5.32 Å². The average Bonchev–Trinajstić information content (AvgIpc) is 2.36. The molecule has 0 radical (unpaired) electrons. The molecule has 1 aromatic rings. The minimum absolute atomic E-state index is 0.115. The van der Waals surface area contributed by atoms with Gasteiger partial charge in [-0.1, -0.05) is 31.0 Å². The highest BCUT2D eigenvalue weighted by Crippen LogP contribution is 2.27. The van der Waals surface area contributed by atoms with Crippen LogP contribution >= 0.6 is 11.6 Å². The molecule has 0 fully saturated rings. The molecule has 1 aromatic carbocycles. The second-order valence-electron chi connectivity index (χ2n) is 4.48. The predicted molar refractivity (Wildman–Crippen MR) is 74.1 cm³/mol. The lowest BCUT2D eigenvalue weighted by Gasteiger charge is -2.22. The van der Waals surface area contributed by atoms with Crippen molar-refractivity contribution in [3.05, 3.63) is 38.9 Å². The van der Waals surface area contributed by atoms with Crippen LogP contribution in [-0.2, 0) is 6.42 Å². The number of halogens is 1. The lowest BCUT2D eigenvalue weighted by Crippen LogP contribution is -2.31. The Kier molecular flexibility index (Phi) is 5.56. The first-order valence-electron chi connectivity index (χ1n) is 6.09. The molecule has 0 aromatic heterocycles. The van der Waals surface area contributed by atoms with Gasteiger partial charge in [-0.3, -0.25) is 10.1 Å². The van der Waals surface area contributed by atoms with E-state index in [-0.39, 0.29) is 10.6 Å². The summed E-state index contributed by atoms with van der Waals surface area (Å²) in [6.45, 7) is 4.19. The Morgan fingerprint density at radius 3 is 2.67 bits per heavy atom. The first-order valence-corrected chi connectivity index (χ1v) is 6.47. The second-order valence-corrected chi connectivity index (χ2v) is 4.92. The van der Waals surface area contributed by atoms with Gasteiger partial charge >= 0.3 is 0 Å². The Bertz CT molecular complexity index is 423. The van der Waals surface area contributed by atoms with Gasteiger partial charge in [0.05, 0.1) is 4.92 Å². The van der Waals surface area contributed by atoms with E-state index in [0.29, 0.717) is 23.4 Å². The molecule has 0 saturated heterocycles. The Balaban J connectivity index is 2.99. The van der Waals surface area contributed by atoms with Gasteiger partial charge in [-0.05, 0) is 32.4 Å². The van der Waals surface area contributed by atoms with Gasteiger partial charge in [0, 0.05) is 22.7 Å². The van der Waals surface area contributed by atoms with Gasteiger partial charge in [-0.25, -0.2) is 0 Å². The maximum absolute atomic E-state index is 11.0. The number of nitrogens with zero attached hydrogens (tertiary/aromatic N) is 1. The lowest BCUT2D eigenvalue weighted by molar-refractivity contribution is -0.385. The topological polar surface area (TPSA) is 55.2 Å². The molecule has 1 rings (SSSR count). The van der Waals surface area contributed by atoms with Crippen molar-refractivity contribution in [2.45, 2.75) is 32.7 Å². The third kappa shape index (κ3) is 3.68. The van der Waals surface area contributed by atoms with E-state index < -0.39 is 0 Å². The smallest absolute Gasteiger partial charge is 0.274 e. The summed E-state index contributed by atoms with van der Waals surface area (Å²) in [5.41, 5.74) is 0.864. The Morgan fingerprint density at radius 1 is 1.50 bits per heavy atom. The fourth-order valence-electron chi connectivity index (χ4n) is 2.07. The Morgan fingerprint density at radius 2 is 2.17 bits per heavy atom. The van der Waals surface area contributed by atoms with Crippen LogP contribution in [0.15, 0.2) is 18.2 Å². The number of nitro benzene ring substituents is 1.